The molecule has 1 aliphatic carbocycles. The first-order valence-electron chi connectivity index (χ1n) is 8.35. The SMILES string of the molecule is C1=CC(c2ccccn2)(c2ccccn2)Cc2[nH]nc(-c3cscn3)c21. The van der Waals surface area contributed by atoms with Crippen LogP contribution in [0.15, 0.2) is 65.8 Å². The van der Waals surface area contributed by atoms with Crippen molar-refractivity contribution in [2.24, 2.45) is 0 Å². The van der Waals surface area contributed by atoms with Crippen LogP contribution in [0.4, 0.5) is 0 Å². The van der Waals surface area contributed by atoms with Crippen LogP contribution in [0.5, 0.6) is 0 Å². The summed E-state index contributed by atoms with van der Waals surface area (Å²) in [4.78, 5) is 13.7. The van der Waals surface area contributed by atoms with E-state index in [0.29, 0.717) is 0 Å². The van der Waals surface area contributed by atoms with Crippen molar-refractivity contribution in [2.45, 2.75) is 11.8 Å². The molecule has 1 aliphatic rings. The summed E-state index contributed by atoms with van der Waals surface area (Å²) in [6, 6.07) is 12.0. The minimum absolute atomic E-state index is 0.415. The van der Waals surface area contributed by atoms with Gasteiger partial charge in [-0.05, 0) is 24.3 Å². The van der Waals surface area contributed by atoms with E-state index in [1.54, 1.807) is 11.3 Å². The monoisotopic (exact) mass is 357 g/mol. The van der Waals surface area contributed by atoms with Gasteiger partial charge in [-0.1, -0.05) is 24.3 Å². The minimum Gasteiger partial charge on any atom is -0.281 e. The predicted octanol–water partition coefficient (Wildman–Crippen LogP) is 3.88. The van der Waals surface area contributed by atoms with Gasteiger partial charge in [-0.25, -0.2) is 4.98 Å². The molecule has 26 heavy (non-hydrogen) atoms. The quantitative estimate of drug-likeness (QED) is 0.604. The van der Waals surface area contributed by atoms with Crippen LogP contribution in [-0.4, -0.2) is 25.1 Å². The second-order valence-electron chi connectivity index (χ2n) is 6.25. The van der Waals surface area contributed by atoms with E-state index in [1.165, 1.54) is 0 Å². The van der Waals surface area contributed by atoms with Crippen molar-refractivity contribution in [3.05, 3.63) is 88.4 Å². The van der Waals surface area contributed by atoms with Gasteiger partial charge in [0.05, 0.1) is 22.3 Å². The summed E-state index contributed by atoms with van der Waals surface area (Å²) in [5.41, 5.74) is 7.34. The van der Waals surface area contributed by atoms with Crippen LogP contribution in [0.2, 0.25) is 0 Å². The van der Waals surface area contributed by atoms with Gasteiger partial charge in [-0.15, -0.1) is 11.3 Å². The molecule has 0 saturated carbocycles. The summed E-state index contributed by atoms with van der Waals surface area (Å²) in [7, 11) is 0. The normalized spacial score (nSPS) is 14.9. The zero-order valence-corrected chi connectivity index (χ0v) is 14.6. The van der Waals surface area contributed by atoms with Crippen molar-refractivity contribution < 1.29 is 0 Å². The van der Waals surface area contributed by atoms with Crippen molar-refractivity contribution in [2.75, 3.05) is 0 Å². The molecule has 0 saturated heterocycles. The van der Waals surface area contributed by atoms with Gasteiger partial charge in [0.15, 0.2) is 0 Å². The molecule has 4 aromatic rings. The van der Waals surface area contributed by atoms with Gasteiger partial charge in [-0.2, -0.15) is 5.10 Å². The van der Waals surface area contributed by atoms with Crippen LogP contribution < -0.4 is 0 Å². The molecule has 4 heterocycles. The van der Waals surface area contributed by atoms with E-state index >= 15 is 0 Å². The molecule has 4 aromatic heterocycles. The molecular formula is C20H15N5S. The van der Waals surface area contributed by atoms with E-state index in [2.05, 4.69) is 49.4 Å². The lowest BCUT2D eigenvalue weighted by Gasteiger charge is -2.32. The highest BCUT2D eigenvalue weighted by Gasteiger charge is 2.39. The highest BCUT2D eigenvalue weighted by atomic mass is 32.1. The van der Waals surface area contributed by atoms with E-state index in [-0.39, 0.29) is 0 Å². The first-order valence-corrected chi connectivity index (χ1v) is 9.29. The summed E-state index contributed by atoms with van der Waals surface area (Å²) < 4.78 is 0. The number of fused-ring (bicyclic) bond motifs is 1. The zero-order chi connectivity index (χ0) is 17.4. The number of hydrogen-bond acceptors (Lipinski definition) is 5. The fourth-order valence-electron chi connectivity index (χ4n) is 3.53. The smallest absolute Gasteiger partial charge is 0.119 e. The zero-order valence-electron chi connectivity index (χ0n) is 13.8. The highest BCUT2D eigenvalue weighted by molar-refractivity contribution is 7.07. The standard InChI is InChI=1S/C20H15N5S/c1-3-9-21-17(5-1)20(18-6-2-4-10-22-18)8-7-14-15(11-20)24-25-19(14)16-12-26-13-23-16/h1-10,12-13H,11H2,(H,24,25). The molecule has 0 atom stereocenters. The average molecular weight is 357 g/mol. The third-order valence-electron chi connectivity index (χ3n) is 4.79. The number of aromatic nitrogens is 5. The summed E-state index contributed by atoms with van der Waals surface area (Å²) >= 11 is 1.57. The van der Waals surface area contributed by atoms with Gasteiger partial charge in [0, 0.05) is 35.5 Å². The lowest BCUT2D eigenvalue weighted by Crippen LogP contribution is -2.32. The Kier molecular flexibility index (Phi) is 3.50. The van der Waals surface area contributed by atoms with Crippen LogP contribution in [0.25, 0.3) is 17.5 Å². The average Bonchev–Trinajstić information content (AvgIpc) is 3.38. The molecule has 6 heteroatoms. The Morgan fingerprint density at radius 3 is 2.35 bits per heavy atom. The molecular weight excluding hydrogens is 342 g/mol. The van der Waals surface area contributed by atoms with Crippen LogP contribution in [-0.2, 0) is 11.8 Å². The number of rotatable bonds is 3. The Morgan fingerprint density at radius 2 is 1.73 bits per heavy atom. The van der Waals surface area contributed by atoms with E-state index in [0.717, 1.165) is 40.5 Å². The van der Waals surface area contributed by atoms with Gasteiger partial charge in [0.2, 0.25) is 0 Å². The second kappa shape index (κ2) is 6.00. The first kappa shape index (κ1) is 15.2. The first-order chi connectivity index (χ1) is 12.9. The Bertz CT molecular complexity index is 1010. The summed E-state index contributed by atoms with van der Waals surface area (Å²) in [5, 5.41) is 9.75. The molecule has 0 amide bonds. The molecule has 5 nitrogen and oxygen atoms in total. The largest absolute Gasteiger partial charge is 0.281 e. The Morgan fingerprint density at radius 1 is 0.962 bits per heavy atom. The van der Waals surface area contributed by atoms with Gasteiger partial charge >= 0.3 is 0 Å². The lowest BCUT2D eigenvalue weighted by molar-refractivity contribution is 0.582. The number of nitrogens with zero attached hydrogens (tertiary/aromatic N) is 4. The van der Waals surface area contributed by atoms with Crippen LogP contribution in [0.1, 0.15) is 22.6 Å². The van der Waals surface area contributed by atoms with E-state index in [9.17, 15) is 0 Å². The number of hydrogen-bond donors (Lipinski definition) is 1. The Balaban J connectivity index is 1.67. The molecule has 0 aromatic carbocycles. The number of allylic oxidation sites excluding steroid dienone is 1. The molecule has 0 fully saturated rings. The molecule has 0 bridgehead atoms. The number of pyridine rings is 2. The predicted molar refractivity (Wildman–Crippen MR) is 102 cm³/mol. The summed E-state index contributed by atoms with van der Waals surface area (Å²) in [6.07, 6.45) is 8.71. The van der Waals surface area contributed by atoms with E-state index < -0.39 is 5.41 Å². The molecule has 0 aliphatic heterocycles. The van der Waals surface area contributed by atoms with Crippen molar-refractivity contribution in [3.8, 4) is 11.4 Å². The number of H-pyrrole nitrogens is 1. The maximum atomic E-state index is 4.64. The molecule has 5 rings (SSSR count). The van der Waals surface area contributed by atoms with Crippen LogP contribution >= 0.6 is 11.3 Å². The summed E-state index contributed by atoms with van der Waals surface area (Å²) in [6.45, 7) is 0. The molecule has 0 spiro atoms. The second-order valence-corrected chi connectivity index (χ2v) is 6.97. The van der Waals surface area contributed by atoms with Gasteiger partial charge < -0.3 is 0 Å². The maximum absolute atomic E-state index is 4.64. The van der Waals surface area contributed by atoms with Crippen molar-refractivity contribution in [3.63, 3.8) is 0 Å². The Labute approximate surface area is 154 Å². The van der Waals surface area contributed by atoms with Gasteiger partial charge in [0.1, 0.15) is 11.4 Å². The third kappa shape index (κ3) is 2.30. The molecule has 0 unspecified atom stereocenters. The highest BCUT2D eigenvalue weighted by Crippen LogP contribution is 2.41. The van der Waals surface area contributed by atoms with Gasteiger partial charge in [-0.3, -0.25) is 15.1 Å². The summed E-state index contributed by atoms with van der Waals surface area (Å²) in [5.74, 6) is 0. The Hall–Kier alpha value is -3.12. The van der Waals surface area contributed by atoms with Crippen LogP contribution in [0, 0.1) is 0 Å². The number of nitrogens with one attached hydrogen (secondary N) is 1. The minimum atomic E-state index is -0.415. The number of aromatic amines is 1. The van der Waals surface area contributed by atoms with Crippen molar-refractivity contribution >= 4 is 17.4 Å². The maximum Gasteiger partial charge on any atom is 0.119 e. The topological polar surface area (TPSA) is 67.3 Å². The fraction of sp³-hybridized carbons (Fsp3) is 0.100. The molecule has 1 N–H and O–H groups in total. The van der Waals surface area contributed by atoms with Crippen molar-refractivity contribution in [1.82, 2.24) is 25.1 Å². The van der Waals surface area contributed by atoms with E-state index in [4.69, 9.17) is 0 Å². The molecule has 0 radical (unpaired) electrons. The van der Waals surface area contributed by atoms with E-state index in [1.807, 2.05) is 47.5 Å². The molecule has 126 valence electrons. The number of thiazole rings is 1. The van der Waals surface area contributed by atoms with Crippen molar-refractivity contribution in [1.29, 1.82) is 0 Å². The lowest BCUT2D eigenvalue weighted by atomic mass is 9.72. The van der Waals surface area contributed by atoms with Gasteiger partial charge in [0.25, 0.3) is 0 Å². The van der Waals surface area contributed by atoms with Crippen LogP contribution in [0.3, 0.4) is 0 Å². The third-order valence-corrected chi connectivity index (χ3v) is 5.38. The fourth-order valence-corrected chi connectivity index (χ4v) is 4.06.